The molecule has 0 aliphatic carbocycles. The van der Waals surface area contributed by atoms with Gasteiger partial charge in [-0.15, -0.1) is 10.2 Å². The molecule has 8 nitrogen and oxygen atoms in total. The maximum atomic E-state index is 6.34. The molecule has 3 heterocycles. The highest BCUT2D eigenvalue weighted by atomic mass is 16.7. The summed E-state index contributed by atoms with van der Waals surface area (Å²) in [7, 11) is 0. The number of anilines is 1. The molecule has 45 heavy (non-hydrogen) atoms. The third kappa shape index (κ3) is 11.3. The molecular formula is C37H58N6O2. The number of aryl methyl sites for hydroxylation is 3. The Morgan fingerprint density at radius 3 is 1.82 bits per heavy atom. The molecule has 3 aromatic heterocycles. The second kappa shape index (κ2) is 20.1. The molecule has 2 N–H and O–H groups in total. The van der Waals surface area contributed by atoms with Gasteiger partial charge in [-0.25, -0.2) is 9.97 Å². The van der Waals surface area contributed by atoms with Gasteiger partial charge in [0.2, 0.25) is 11.8 Å². The predicted octanol–water partition coefficient (Wildman–Crippen LogP) is 9.76. The summed E-state index contributed by atoms with van der Waals surface area (Å²) in [5.74, 6) is 2.85. The summed E-state index contributed by atoms with van der Waals surface area (Å²) in [6.07, 6.45) is 27.0. The van der Waals surface area contributed by atoms with Crippen LogP contribution in [0.1, 0.15) is 153 Å². The van der Waals surface area contributed by atoms with Gasteiger partial charge in [-0.3, -0.25) is 0 Å². The first-order valence-electron chi connectivity index (χ1n) is 18.2. The third-order valence-electron chi connectivity index (χ3n) is 8.81. The number of hydrogen-bond acceptors (Lipinski definition) is 7. The summed E-state index contributed by atoms with van der Waals surface area (Å²) in [6.45, 7) is 5.04. The number of pyridine rings is 1. The van der Waals surface area contributed by atoms with Crippen molar-refractivity contribution in [3.63, 3.8) is 0 Å². The van der Waals surface area contributed by atoms with Crippen molar-refractivity contribution in [2.75, 3.05) is 12.3 Å². The number of rotatable bonds is 25. The number of fused-ring (bicyclic) bond motifs is 3. The van der Waals surface area contributed by atoms with Crippen LogP contribution in [0.5, 0.6) is 0 Å². The SMILES string of the molecule is CCCCCCCCCCCCCCCCCc1nnc(CCCCOn2c(CCCC)nc3c(N)nc4ccccc4c32)o1. The molecule has 4 aromatic rings. The van der Waals surface area contributed by atoms with Crippen molar-refractivity contribution in [2.45, 2.75) is 155 Å². The highest BCUT2D eigenvalue weighted by molar-refractivity contribution is 6.06. The van der Waals surface area contributed by atoms with Gasteiger partial charge >= 0.3 is 0 Å². The zero-order valence-electron chi connectivity index (χ0n) is 28.2. The number of benzene rings is 1. The molecular weight excluding hydrogens is 560 g/mol. The van der Waals surface area contributed by atoms with Crippen molar-refractivity contribution in [1.29, 1.82) is 0 Å². The number of aromatic nitrogens is 5. The Bertz CT molecular complexity index is 1380. The second-order valence-corrected chi connectivity index (χ2v) is 12.7. The fourth-order valence-electron chi connectivity index (χ4n) is 6.13. The lowest BCUT2D eigenvalue weighted by molar-refractivity contribution is 0.108. The van der Waals surface area contributed by atoms with Crippen LogP contribution in [0, 0.1) is 0 Å². The molecule has 4 rings (SSSR count). The van der Waals surface area contributed by atoms with E-state index in [9.17, 15) is 0 Å². The van der Waals surface area contributed by atoms with Crippen LogP contribution in [0.4, 0.5) is 5.82 Å². The minimum atomic E-state index is 0.445. The number of hydrogen-bond donors (Lipinski definition) is 1. The maximum Gasteiger partial charge on any atom is 0.216 e. The maximum absolute atomic E-state index is 6.34. The molecule has 0 fully saturated rings. The zero-order valence-corrected chi connectivity index (χ0v) is 28.2. The van der Waals surface area contributed by atoms with E-state index in [0.29, 0.717) is 17.9 Å². The quantitative estimate of drug-likeness (QED) is 0.0737. The number of unbranched alkanes of at least 4 members (excludes halogenated alkanes) is 16. The van der Waals surface area contributed by atoms with E-state index in [1.807, 2.05) is 22.9 Å². The molecule has 0 saturated heterocycles. The predicted molar refractivity (Wildman–Crippen MR) is 185 cm³/mol. The van der Waals surface area contributed by atoms with Crippen molar-refractivity contribution in [3.8, 4) is 0 Å². The molecule has 0 atom stereocenters. The molecule has 0 aliphatic rings. The fourth-order valence-corrected chi connectivity index (χ4v) is 6.13. The molecule has 0 aliphatic heterocycles. The molecule has 0 radical (unpaired) electrons. The highest BCUT2D eigenvalue weighted by Gasteiger charge is 2.18. The van der Waals surface area contributed by atoms with Crippen LogP contribution in [-0.2, 0) is 19.3 Å². The standard InChI is InChI=1S/C37H58N6O2/c1-3-5-7-8-9-10-11-12-13-14-15-16-17-18-19-27-33-41-42-34(45-33)28-22-23-29-44-43-32(26-6-4-2)40-35-36(43)30-24-20-21-25-31(30)39-37(35)38/h20-21,24-25H,3-19,22-23,26-29H2,1-2H3,(H2,38,39). The molecule has 0 saturated carbocycles. The van der Waals surface area contributed by atoms with Gasteiger partial charge in [0.05, 0.1) is 5.52 Å². The van der Waals surface area contributed by atoms with Gasteiger partial charge in [-0.2, -0.15) is 4.73 Å². The largest absolute Gasteiger partial charge is 0.425 e. The van der Waals surface area contributed by atoms with E-state index in [1.54, 1.807) is 0 Å². The van der Waals surface area contributed by atoms with Gasteiger partial charge in [-0.05, 0) is 31.7 Å². The Labute approximate surface area is 270 Å². The molecule has 8 heteroatoms. The van der Waals surface area contributed by atoms with E-state index >= 15 is 0 Å². The van der Waals surface area contributed by atoms with Crippen molar-refractivity contribution in [2.24, 2.45) is 0 Å². The average molecular weight is 619 g/mol. The van der Waals surface area contributed by atoms with Crippen LogP contribution in [0.15, 0.2) is 28.7 Å². The van der Waals surface area contributed by atoms with Crippen molar-refractivity contribution in [3.05, 3.63) is 41.9 Å². The van der Waals surface area contributed by atoms with Crippen LogP contribution in [0.3, 0.4) is 0 Å². The van der Waals surface area contributed by atoms with E-state index in [4.69, 9.17) is 20.0 Å². The topological polar surface area (TPSA) is 105 Å². The van der Waals surface area contributed by atoms with Crippen LogP contribution in [-0.4, -0.2) is 31.5 Å². The summed E-state index contributed by atoms with van der Waals surface area (Å²) < 4.78 is 7.83. The zero-order chi connectivity index (χ0) is 31.5. The van der Waals surface area contributed by atoms with Gasteiger partial charge in [0, 0.05) is 24.6 Å². The first-order chi connectivity index (χ1) is 22.2. The third-order valence-corrected chi connectivity index (χ3v) is 8.81. The van der Waals surface area contributed by atoms with Crippen LogP contribution >= 0.6 is 0 Å². The van der Waals surface area contributed by atoms with Crippen LogP contribution < -0.4 is 10.6 Å². The highest BCUT2D eigenvalue weighted by Crippen LogP contribution is 2.28. The summed E-state index contributed by atoms with van der Waals surface area (Å²) in [4.78, 5) is 15.7. The van der Waals surface area contributed by atoms with E-state index in [1.165, 1.54) is 89.9 Å². The van der Waals surface area contributed by atoms with Crippen LogP contribution in [0.25, 0.3) is 21.9 Å². The lowest BCUT2D eigenvalue weighted by Crippen LogP contribution is -2.16. The molecule has 0 amide bonds. The molecule has 1 aromatic carbocycles. The van der Waals surface area contributed by atoms with E-state index in [0.717, 1.165) is 85.4 Å². The lowest BCUT2D eigenvalue weighted by atomic mass is 10.0. The van der Waals surface area contributed by atoms with Gasteiger partial charge in [-0.1, -0.05) is 128 Å². The first-order valence-corrected chi connectivity index (χ1v) is 18.2. The van der Waals surface area contributed by atoms with Gasteiger partial charge in [0.15, 0.2) is 5.82 Å². The minimum absolute atomic E-state index is 0.445. The van der Waals surface area contributed by atoms with E-state index in [-0.39, 0.29) is 0 Å². The smallest absolute Gasteiger partial charge is 0.216 e. The Kier molecular flexibility index (Phi) is 15.5. The molecule has 0 bridgehead atoms. The first kappa shape index (κ1) is 34.7. The van der Waals surface area contributed by atoms with Gasteiger partial charge in [0.1, 0.15) is 23.5 Å². The van der Waals surface area contributed by atoms with E-state index < -0.39 is 0 Å². The number of nitrogens with zero attached hydrogens (tertiary/aromatic N) is 5. The fraction of sp³-hybridized carbons (Fsp3) is 0.676. The van der Waals surface area contributed by atoms with Crippen LogP contribution in [0.2, 0.25) is 0 Å². The second-order valence-electron chi connectivity index (χ2n) is 12.7. The van der Waals surface area contributed by atoms with Gasteiger partial charge < -0.3 is 15.0 Å². The number of nitrogen functional groups attached to an aromatic ring is 1. The Morgan fingerprint density at radius 1 is 0.644 bits per heavy atom. The number of imidazole rings is 1. The summed E-state index contributed by atoms with van der Waals surface area (Å²) in [5.41, 5.74) is 8.78. The molecule has 0 unspecified atom stereocenters. The summed E-state index contributed by atoms with van der Waals surface area (Å²) in [6, 6.07) is 8.03. The molecule has 0 spiro atoms. The van der Waals surface area contributed by atoms with Crippen molar-refractivity contribution < 1.29 is 9.25 Å². The number of nitrogens with two attached hydrogens (primary N) is 1. The van der Waals surface area contributed by atoms with E-state index in [2.05, 4.69) is 35.1 Å². The number of para-hydroxylation sites is 1. The van der Waals surface area contributed by atoms with Crippen molar-refractivity contribution >= 4 is 27.8 Å². The monoisotopic (exact) mass is 618 g/mol. The minimum Gasteiger partial charge on any atom is -0.425 e. The Hall–Kier alpha value is -3.16. The Morgan fingerprint density at radius 2 is 1.20 bits per heavy atom. The summed E-state index contributed by atoms with van der Waals surface area (Å²) in [5, 5.41) is 9.59. The Balaban J connectivity index is 1.09. The average Bonchev–Trinajstić information content (AvgIpc) is 3.66. The lowest BCUT2D eigenvalue weighted by Gasteiger charge is -2.12. The summed E-state index contributed by atoms with van der Waals surface area (Å²) >= 11 is 0. The molecule has 248 valence electrons. The van der Waals surface area contributed by atoms with Gasteiger partial charge in [0.25, 0.3) is 0 Å². The normalized spacial score (nSPS) is 11.7. The van der Waals surface area contributed by atoms with Crippen molar-refractivity contribution in [1.82, 2.24) is 24.9 Å².